The smallest absolute Gasteiger partial charge is 0.333 e. The summed E-state index contributed by atoms with van der Waals surface area (Å²) in [4.78, 5) is 12.7. The van der Waals surface area contributed by atoms with Gasteiger partial charge in [-0.25, -0.2) is 9.18 Å². The van der Waals surface area contributed by atoms with Gasteiger partial charge in [0.25, 0.3) is 0 Å². The van der Waals surface area contributed by atoms with Gasteiger partial charge in [0.2, 0.25) is 0 Å². The Balaban J connectivity index is 1.99. The summed E-state index contributed by atoms with van der Waals surface area (Å²) >= 11 is 0. The molecule has 0 saturated carbocycles. The van der Waals surface area contributed by atoms with E-state index in [0.29, 0.717) is 43.2 Å². The zero-order valence-electron chi connectivity index (χ0n) is 17.5. The van der Waals surface area contributed by atoms with E-state index in [4.69, 9.17) is 24.2 Å². The highest BCUT2D eigenvalue weighted by Crippen LogP contribution is 2.34. The van der Waals surface area contributed by atoms with Crippen LogP contribution >= 0.6 is 0 Å². The number of hydrogen-bond donors (Lipinski definition) is 1. The number of nitriles is 1. The molecule has 31 heavy (non-hydrogen) atoms. The van der Waals surface area contributed by atoms with Crippen molar-refractivity contribution in [2.24, 2.45) is 0 Å². The van der Waals surface area contributed by atoms with Gasteiger partial charge in [0.05, 0.1) is 38.1 Å². The average molecular weight is 428 g/mol. The predicted molar refractivity (Wildman–Crippen MR) is 112 cm³/mol. The molecule has 3 rings (SSSR count). The number of halogens is 1. The lowest BCUT2D eigenvalue weighted by Gasteiger charge is -2.22. The Morgan fingerprint density at radius 1 is 1.29 bits per heavy atom. The second kappa shape index (κ2) is 10.6. The van der Waals surface area contributed by atoms with E-state index >= 15 is 4.39 Å². The number of ether oxygens (including phenoxy) is 4. The Kier molecular flexibility index (Phi) is 7.68. The third kappa shape index (κ3) is 5.64. The van der Waals surface area contributed by atoms with Crippen LogP contribution in [-0.2, 0) is 14.3 Å². The van der Waals surface area contributed by atoms with E-state index in [2.05, 4.69) is 5.32 Å². The van der Waals surface area contributed by atoms with Crippen LogP contribution in [0.5, 0.6) is 11.5 Å². The third-order valence-corrected chi connectivity index (χ3v) is 4.69. The normalized spacial score (nSPS) is 16.3. The van der Waals surface area contributed by atoms with E-state index in [1.165, 1.54) is 12.1 Å². The number of rotatable bonds is 9. The Labute approximate surface area is 180 Å². The summed E-state index contributed by atoms with van der Waals surface area (Å²) in [5, 5.41) is 12.0. The van der Waals surface area contributed by atoms with Gasteiger partial charge in [-0.15, -0.1) is 0 Å². The molecule has 1 aliphatic heterocycles. The zero-order chi connectivity index (χ0) is 22.2. The van der Waals surface area contributed by atoms with Crippen LogP contribution in [0, 0.1) is 17.1 Å². The summed E-state index contributed by atoms with van der Waals surface area (Å²) in [6.07, 6.45) is 0.380. The Morgan fingerprint density at radius 3 is 2.68 bits per heavy atom. The van der Waals surface area contributed by atoms with Crippen molar-refractivity contribution in [3.63, 3.8) is 0 Å². The first kappa shape index (κ1) is 22.4. The number of esters is 1. The van der Waals surface area contributed by atoms with Gasteiger partial charge in [-0.3, -0.25) is 0 Å². The monoisotopic (exact) mass is 428 g/mol. The predicted octanol–water partition coefficient (Wildman–Crippen LogP) is 3.98. The number of nitrogens with one attached hydrogen (secondary N) is 1. The maximum Gasteiger partial charge on any atom is 0.333 e. The lowest BCUT2D eigenvalue weighted by molar-refractivity contribution is -0.144. The summed E-state index contributed by atoms with van der Waals surface area (Å²) in [6, 6.07) is 10.3. The van der Waals surface area contributed by atoms with E-state index in [1.807, 2.05) is 13.0 Å². The quantitative estimate of drug-likeness (QED) is 0.604. The van der Waals surface area contributed by atoms with Crippen molar-refractivity contribution in [2.45, 2.75) is 32.4 Å². The maximum absolute atomic E-state index is 15.5. The largest absolute Gasteiger partial charge is 0.494 e. The van der Waals surface area contributed by atoms with E-state index < -0.39 is 17.8 Å². The Morgan fingerprint density at radius 2 is 2.06 bits per heavy atom. The van der Waals surface area contributed by atoms with Crippen molar-refractivity contribution in [1.29, 1.82) is 5.26 Å². The molecule has 0 amide bonds. The molecule has 1 N–H and O–H groups in total. The Bertz CT molecular complexity index is 936. The number of anilines is 1. The van der Waals surface area contributed by atoms with Gasteiger partial charge in [0.1, 0.15) is 11.9 Å². The van der Waals surface area contributed by atoms with Crippen LogP contribution in [0.15, 0.2) is 36.4 Å². The van der Waals surface area contributed by atoms with Crippen LogP contribution in [0.3, 0.4) is 0 Å². The van der Waals surface area contributed by atoms with Crippen LogP contribution in [0.25, 0.3) is 0 Å². The molecular weight excluding hydrogens is 403 g/mol. The van der Waals surface area contributed by atoms with Crippen LogP contribution in [-0.4, -0.2) is 38.5 Å². The molecule has 0 bridgehead atoms. The van der Waals surface area contributed by atoms with Crippen molar-refractivity contribution < 1.29 is 28.1 Å². The highest BCUT2D eigenvalue weighted by Gasteiger charge is 2.29. The van der Waals surface area contributed by atoms with Crippen molar-refractivity contribution in [1.82, 2.24) is 0 Å². The molecule has 2 aromatic carbocycles. The van der Waals surface area contributed by atoms with E-state index in [9.17, 15) is 4.79 Å². The number of benzene rings is 2. The van der Waals surface area contributed by atoms with Gasteiger partial charge >= 0.3 is 5.97 Å². The average Bonchev–Trinajstić information content (AvgIpc) is 3.28. The lowest BCUT2D eigenvalue weighted by atomic mass is 10.0. The van der Waals surface area contributed by atoms with Gasteiger partial charge in [-0.1, -0.05) is 0 Å². The first-order valence-electron chi connectivity index (χ1n) is 10.2. The van der Waals surface area contributed by atoms with Crippen molar-refractivity contribution >= 4 is 11.7 Å². The standard InChI is InChI=1S/C23H25FN2O5/c1-3-29-18-11-19(21(24)20(12-18)31-17-9-10-28-14-17)22(23(27)30-4-2)26-16-7-5-15(13-25)6-8-16/h5-8,11-12,17,22,26H,3-4,9-10,14H2,1-2H3/t17-,22-/m0/s1. The third-order valence-electron chi connectivity index (χ3n) is 4.69. The SMILES string of the molecule is CCOC(=O)[C@@H](Nc1ccc(C#N)cc1)c1cc(OCC)cc(O[C@H]2CCOC2)c1F. The van der Waals surface area contributed by atoms with Gasteiger partial charge in [0.15, 0.2) is 17.6 Å². The first-order valence-corrected chi connectivity index (χ1v) is 10.2. The van der Waals surface area contributed by atoms with Gasteiger partial charge < -0.3 is 24.3 Å². The molecule has 1 aliphatic rings. The Hall–Kier alpha value is -3.31. The van der Waals surface area contributed by atoms with Crippen LogP contribution in [0.2, 0.25) is 0 Å². The minimum atomic E-state index is -1.14. The molecule has 2 aromatic rings. The second-order valence-electron chi connectivity index (χ2n) is 6.88. The van der Waals surface area contributed by atoms with Crippen molar-refractivity contribution in [3.8, 4) is 17.6 Å². The fourth-order valence-electron chi connectivity index (χ4n) is 3.22. The molecule has 2 atom stereocenters. The molecule has 0 spiro atoms. The molecule has 0 unspecified atom stereocenters. The lowest BCUT2D eigenvalue weighted by Crippen LogP contribution is -2.25. The fraction of sp³-hybridized carbons (Fsp3) is 0.391. The van der Waals surface area contributed by atoms with Gasteiger partial charge in [0, 0.05) is 23.7 Å². The summed E-state index contributed by atoms with van der Waals surface area (Å²) < 4.78 is 37.4. The number of carbonyl (C=O) groups excluding carboxylic acids is 1. The minimum absolute atomic E-state index is 0.00706. The molecule has 8 heteroatoms. The number of nitrogens with zero attached hydrogens (tertiary/aromatic N) is 1. The molecule has 1 heterocycles. The summed E-state index contributed by atoms with van der Waals surface area (Å²) in [5.41, 5.74) is 1.05. The fourth-order valence-corrected chi connectivity index (χ4v) is 3.22. The van der Waals surface area contributed by atoms with E-state index in [-0.39, 0.29) is 24.0 Å². The van der Waals surface area contributed by atoms with E-state index in [0.717, 1.165) is 0 Å². The van der Waals surface area contributed by atoms with Crippen molar-refractivity contribution in [2.75, 3.05) is 31.7 Å². The maximum atomic E-state index is 15.5. The topological polar surface area (TPSA) is 89.8 Å². The molecule has 164 valence electrons. The van der Waals surface area contributed by atoms with Crippen LogP contribution in [0.1, 0.15) is 37.4 Å². The minimum Gasteiger partial charge on any atom is -0.494 e. The highest BCUT2D eigenvalue weighted by atomic mass is 19.1. The van der Waals surface area contributed by atoms with Crippen LogP contribution in [0.4, 0.5) is 10.1 Å². The van der Waals surface area contributed by atoms with Gasteiger partial charge in [-0.2, -0.15) is 5.26 Å². The molecule has 1 fully saturated rings. The molecular formula is C23H25FN2O5. The van der Waals surface area contributed by atoms with Crippen LogP contribution < -0.4 is 14.8 Å². The highest BCUT2D eigenvalue weighted by molar-refractivity contribution is 5.81. The summed E-state index contributed by atoms with van der Waals surface area (Å²) in [6.45, 7) is 4.92. The number of carbonyl (C=O) groups is 1. The summed E-state index contributed by atoms with van der Waals surface area (Å²) in [5.74, 6) is -0.944. The molecule has 0 aromatic heterocycles. The first-order chi connectivity index (χ1) is 15.0. The molecule has 0 radical (unpaired) electrons. The number of hydrogen-bond acceptors (Lipinski definition) is 7. The second-order valence-corrected chi connectivity index (χ2v) is 6.88. The summed E-state index contributed by atoms with van der Waals surface area (Å²) in [7, 11) is 0. The zero-order valence-corrected chi connectivity index (χ0v) is 17.5. The molecule has 1 saturated heterocycles. The van der Waals surface area contributed by atoms with Crippen molar-refractivity contribution in [3.05, 3.63) is 53.3 Å². The van der Waals surface area contributed by atoms with E-state index in [1.54, 1.807) is 31.2 Å². The molecule has 7 nitrogen and oxygen atoms in total. The van der Waals surface area contributed by atoms with Gasteiger partial charge in [-0.05, 0) is 44.2 Å². The molecule has 0 aliphatic carbocycles.